The first-order valence-corrected chi connectivity index (χ1v) is 32.8. The van der Waals surface area contributed by atoms with Crippen LogP contribution in [0.1, 0.15) is 131 Å². The van der Waals surface area contributed by atoms with Crippen LogP contribution in [0.15, 0.2) is 137 Å². The smallest absolute Gasteiger partial charge is 0.355 e. The molecule has 5 aliphatic heterocycles. The summed E-state index contributed by atoms with van der Waals surface area (Å²) < 4.78 is 17.0. The summed E-state index contributed by atoms with van der Waals surface area (Å²) in [6.07, 6.45) is 9.72. The number of ether oxygens (including phenoxy) is 2. The largest absolute Gasteiger partial charge is 0.505 e. The number of piperidine rings is 1. The molecule has 27 heteroatoms. The van der Waals surface area contributed by atoms with Crippen molar-refractivity contribution < 1.29 is 81.6 Å². The van der Waals surface area contributed by atoms with Crippen LogP contribution in [0.3, 0.4) is 0 Å². The van der Waals surface area contributed by atoms with Crippen molar-refractivity contribution in [2.75, 3.05) is 33.2 Å². The Morgan fingerprint density at radius 3 is 2.22 bits per heavy atom. The van der Waals surface area contributed by atoms with E-state index in [0.29, 0.717) is 12.8 Å². The standard InChI is InChI=1S/C43H49N7O10.C28H35N3O7/c1-4-29-40(56)49-21-12-17-30(49)41(57)48(3)32(23-26-13-7-5-8-14-26)42(58)50-22-19-28(51)24-31(50)37(53)47-35(27-15-9-6-10-16-27)43(59)60-25(2)34(38(54)45-29)46-39(55)36-33(52)18-11-20-44-36;1-17(2)26-19(4)9-10-24(34)29-11-5-7-18(3)13-20(32)14-21(33)15-25-30-22(16-37-25)27(35)31-12-6-8-23(31)28(36)38-26/h5-11,13-16,18,20,25,29-32,34-35,52H,4,12,17,19,21-24H2,1-3H3,(H,45,54)(H,46,55)(H,47,53);5,7-10,13,16-17,19-20,26,32H,6,11-12,14-15H2,1-4H3,(H,29,34)/b;7-5?,10-9-,18-13?/t25-,29-,30+,31+,32+,34+,35+;19-,20-,26-/m11/s1. The SMILES string of the molecule is CC1=C[C@@H](O)CC(=O)Cc2nc(co2)C(=O)N2CCC=C2C(=O)O[C@H](C(C)C)[C@H](C)/C=C\C(=O)NCC=C1.CC[C@H]1NC(=O)[C@@H](NC(=O)c2ncccc2O)[C@@H](C)OC(=O)[C@H](c2ccccc2)NC(=O)[C@@H]2CC(=O)CCN2C(=O)[C@H](Cc2ccccc2)N(C)C(=O)[C@@H]2CCCN2C1=O. The normalized spacial score (nSPS) is 25.9. The number of Topliss-reactive ketones (excluding diaryl/α,β-unsaturated/α-hetero) is 2. The number of carbonyl (C=O) groups is 12. The number of cyclic esters (lactones) is 2. The molecule has 0 aliphatic carbocycles. The summed E-state index contributed by atoms with van der Waals surface area (Å²) in [7, 11) is 1.47. The van der Waals surface area contributed by atoms with Gasteiger partial charge in [-0.05, 0) is 74.8 Å². The maximum absolute atomic E-state index is 14.8. The molecule has 3 fully saturated rings. The molecule has 0 saturated carbocycles. The van der Waals surface area contributed by atoms with Gasteiger partial charge in [-0.1, -0.05) is 124 Å². The van der Waals surface area contributed by atoms with E-state index in [9.17, 15) is 67.7 Å². The van der Waals surface area contributed by atoms with Crippen LogP contribution in [0, 0.1) is 11.8 Å². The zero-order valence-electron chi connectivity index (χ0n) is 55.8. The minimum absolute atomic E-state index is 0.0315. The average molecular weight is 1350 g/mol. The third kappa shape index (κ3) is 18.8. The number of amides is 8. The van der Waals surface area contributed by atoms with Crippen LogP contribution in [-0.2, 0) is 70.3 Å². The number of hydrogen-bond donors (Lipinski definition) is 6. The average Bonchev–Trinajstić information content (AvgIpc) is 1.08. The number of rotatable bonds is 7. The molecule has 0 radical (unpaired) electrons. The number of benzene rings is 2. The maximum Gasteiger partial charge on any atom is 0.355 e. The van der Waals surface area contributed by atoms with Gasteiger partial charge in [-0.25, -0.2) is 19.6 Å². The number of ketones is 2. The Balaban J connectivity index is 0.000000277. The maximum atomic E-state index is 14.8. The Kier molecular flexibility index (Phi) is 25.4. The first-order chi connectivity index (χ1) is 46.8. The summed E-state index contributed by atoms with van der Waals surface area (Å²) >= 11 is 0. The Bertz CT molecular complexity index is 3750. The van der Waals surface area contributed by atoms with Gasteiger partial charge in [-0.3, -0.25) is 47.9 Å². The van der Waals surface area contributed by atoms with Crippen LogP contribution >= 0.6 is 0 Å². The van der Waals surface area contributed by atoms with Crippen molar-refractivity contribution in [1.82, 2.24) is 50.8 Å². The summed E-state index contributed by atoms with van der Waals surface area (Å²) in [4.78, 5) is 177. The van der Waals surface area contributed by atoms with Crippen LogP contribution in [0.5, 0.6) is 5.75 Å². The number of nitrogens with zero attached hydrogens (tertiary/aromatic N) is 6. The van der Waals surface area contributed by atoms with Gasteiger partial charge in [-0.2, -0.15) is 0 Å². The number of allylic oxidation sites excluding steroid dienone is 2. The number of likely N-dealkylation sites (N-methyl/N-ethyl adjacent to an activating group) is 1. The number of aromatic hydroxyl groups is 1. The molecule has 98 heavy (non-hydrogen) atoms. The molecular weight excluding hydrogens is 1260 g/mol. The number of nitrogens with one attached hydrogen (secondary N) is 4. The zero-order valence-corrected chi connectivity index (χ0v) is 55.8. The van der Waals surface area contributed by atoms with Crippen LogP contribution < -0.4 is 21.3 Å². The number of esters is 2. The summed E-state index contributed by atoms with van der Waals surface area (Å²) in [6, 6.07) is 11.7. The van der Waals surface area contributed by atoms with E-state index in [1.807, 2.05) is 26.8 Å². The van der Waals surface area contributed by atoms with E-state index >= 15 is 0 Å². The van der Waals surface area contributed by atoms with Crippen molar-refractivity contribution >= 4 is 70.8 Å². The third-order valence-corrected chi connectivity index (χ3v) is 17.4. The van der Waals surface area contributed by atoms with Crippen molar-refractivity contribution in [3.63, 3.8) is 0 Å². The molecule has 9 rings (SSSR count). The molecule has 7 heterocycles. The van der Waals surface area contributed by atoms with Crippen LogP contribution in [0.25, 0.3) is 0 Å². The minimum Gasteiger partial charge on any atom is -0.505 e. The highest BCUT2D eigenvalue weighted by atomic mass is 16.6. The van der Waals surface area contributed by atoms with Gasteiger partial charge < -0.3 is 65.0 Å². The van der Waals surface area contributed by atoms with Gasteiger partial charge in [0, 0.05) is 71.0 Å². The van der Waals surface area contributed by atoms with E-state index in [4.69, 9.17) is 13.9 Å². The number of aliphatic hydroxyl groups excluding tert-OH is 1. The summed E-state index contributed by atoms with van der Waals surface area (Å²) in [6.45, 7) is 11.0. The summed E-state index contributed by atoms with van der Waals surface area (Å²) in [5.74, 6) is -8.36. The third-order valence-electron chi connectivity index (χ3n) is 17.4. The molecule has 2 bridgehead atoms. The Hall–Kier alpha value is -10.4. The lowest BCUT2D eigenvalue weighted by molar-refractivity contribution is -0.157. The molecule has 8 amide bonds. The quantitative estimate of drug-likeness (QED) is 0.143. The molecular formula is C71H84N10O17. The lowest BCUT2D eigenvalue weighted by Gasteiger charge is -2.40. The predicted molar refractivity (Wildman–Crippen MR) is 352 cm³/mol. The van der Waals surface area contributed by atoms with Gasteiger partial charge in [0.05, 0.1) is 12.5 Å². The minimum atomic E-state index is -1.68. The van der Waals surface area contributed by atoms with E-state index in [1.165, 1.54) is 58.0 Å². The van der Waals surface area contributed by atoms with Gasteiger partial charge in [0.2, 0.25) is 41.3 Å². The Labute approximate surface area is 567 Å². The number of aliphatic hydroxyl groups is 1. The molecule has 10 atom stereocenters. The van der Waals surface area contributed by atoms with E-state index in [0.717, 1.165) is 17.4 Å². The monoisotopic (exact) mass is 1350 g/mol. The fraction of sp³-hybridized carbons (Fsp3) is 0.437. The molecule has 4 aromatic rings. The Morgan fingerprint density at radius 1 is 0.806 bits per heavy atom. The first kappa shape index (κ1) is 73.4. The van der Waals surface area contributed by atoms with Crippen molar-refractivity contribution in [2.24, 2.45) is 11.8 Å². The second-order valence-electron chi connectivity index (χ2n) is 25.0. The second-order valence-corrected chi connectivity index (χ2v) is 25.0. The van der Waals surface area contributed by atoms with Crippen molar-refractivity contribution in [2.45, 2.75) is 154 Å². The number of hydrogen-bond acceptors (Lipinski definition) is 19. The van der Waals surface area contributed by atoms with E-state index < -0.39 is 119 Å². The van der Waals surface area contributed by atoms with Gasteiger partial charge in [0.15, 0.2) is 17.4 Å². The highest BCUT2D eigenvalue weighted by molar-refractivity contribution is 6.02. The molecule has 6 N–H and O–H groups in total. The van der Waals surface area contributed by atoms with Crippen molar-refractivity contribution in [3.05, 3.63) is 161 Å². The van der Waals surface area contributed by atoms with Crippen LogP contribution in [0.4, 0.5) is 0 Å². The van der Waals surface area contributed by atoms with Crippen molar-refractivity contribution in [1.29, 1.82) is 0 Å². The predicted octanol–water partition coefficient (Wildman–Crippen LogP) is 3.86. The van der Waals surface area contributed by atoms with Gasteiger partial charge >= 0.3 is 11.9 Å². The Morgan fingerprint density at radius 2 is 1.52 bits per heavy atom. The highest BCUT2D eigenvalue weighted by Gasteiger charge is 2.46. The number of carbonyl (C=O) groups excluding carboxylic acids is 12. The molecule has 0 unspecified atom stereocenters. The summed E-state index contributed by atoms with van der Waals surface area (Å²) in [5, 5.41) is 31.2. The molecule has 2 aromatic heterocycles. The first-order valence-electron chi connectivity index (χ1n) is 32.8. The van der Waals surface area contributed by atoms with E-state index in [1.54, 1.807) is 98.8 Å². The second kappa shape index (κ2) is 34.0. The molecule has 2 aromatic carbocycles. The van der Waals surface area contributed by atoms with Gasteiger partial charge in [0.25, 0.3) is 11.8 Å². The molecule has 5 aliphatic rings. The molecule has 0 spiro atoms. The molecule has 27 nitrogen and oxygen atoms in total. The topological polar surface area (TPSA) is 364 Å². The number of fused-ring (bicyclic) bond motifs is 5. The number of oxazole rings is 1. The lowest BCUT2D eigenvalue weighted by atomic mass is 9.94. The fourth-order valence-electron chi connectivity index (χ4n) is 12.2. The van der Waals surface area contributed by atoms with Gasteiger partial charge in [-0.15, -0.1) is 0 Å². The molecule has 3 saturated heterocycles. The number of pyridine rings is 1. The van der Waals surface area contributed by atoms with Crippen LogP contribution in [0.2, 0.25) is 0 Å². The fourth-order valence-corrected chi connectivity index (χ4v) is 12.2. The number of aromatic nitrogens is 2. The van der Waals surface area contributed by atoms with Gasteiger partial charge in [0.1, 0.15) is 71.7 Å². The van der Waals surface area contributed by atoms with E-state index in [2.05, 4.69) is 31.2 Å². The lowest BCUT2D eigenvalue weighted by Crippen LogP contribution is -2.61. The highest BCUT2D eigenvalue weighted by Crippen LogP contribution is 2.29. The van der Waals surface area contributed by atoms with E-state index in [-0.39, 0.29) is 123 Å². The summed E-state index contributed by atoms with van der Waals surface area (Å²) in [5.41, 5.74) is 1.37. The van der Waals surface area contributed by atoms with Crippen LogP contribution in [-0.4, -0.2) is 192 Å². The molecule has 520 valence electrons. The zero-order chi connectivity index (χ0) is 70.9. The van der Waals surface area contributed by atoms with Crippen molar-refractivity contribution in [3.8, 4) is 5.75 Å².